The van der Waals surface area contributed by atoms with Gasteiger partial charge in [-0.2, -0.15) is 0 Å². The molecule has 3 rings (SSSR count). The number of benzene rings is 2. The summed E-state index contributed by atoms with van der Waals surface area (Å²) in [6, 6.07) is 16.1. The maximum absolute atomic E-state index is 11.8. The van der Waals surface area contributed by atoms with E-state index in [1.54, 1.807) is 24.0 Å². The van der Waals surface area contributed by atoms with Crippen molar-refractivity contribution in [1.82, 2.24) is 0 Å². The third-order valence-electron chi connectivity index (χ3n) is 4.65. The molecule has 2 aromatic rings. The van der Waals surface area contributed by atoms with Crippen molar-refractivity contribution in [3.05, 3.63) is 59.7 Å². The van der Waals surface area contributed by atoms with Gasteiger partial charge in [0.25, 0.3) is 0 Å². The molecule has 0 amide bonds. The van der Waals surface area contributed by atoms with Crippen molar-refractivity contribution < 1.29 is 14.4 Å². The number of hydrogen-bond donors (Lipinski definition) is 2. The van der Waals surface area contributed by atoms with Gasteiger partial charge in [0, 0.05) is 5.56 Å². The fraction of sp³-hybridized carbons (Fsp3) is 0.350. The third kappa shape index (κ3) is 4.31. The molecule has 0 saturated carbocycles. The Kier molecular flexibility index (Phi) is 5.56. The highest BCUT2D eigenvalue weighted by atomic mass is 16.5. The molecule has 1 aliphatic heterocycles. The summed E-state index contributed by atoms with van der Waals surface area (Å²) in [6.07, 6.45) is 0. The second kappa shape index (κ2) is 8.03. The molecule has 0 aromatic heterocycles. The molecule has 5 nitrogen and oxygen atoms in total. The molecule has 1 heterocycles. The first-order valence-corrected chi connectivity index (χ1v) is 8.86. The van der Waals surface area contributed by atoms with Crippen molar-refractivity contribution >= 4 is 17.3 Å². The van der Waals surface area contributed by atoms with Crippen molar-refractivity contribution in [2.24, 2.45) is 0 Å². The predicted octanol–water partition coefficient (Wildman–Crippen LogP) is 1.35. The molecule has 3 N–H and O–H groups in total. The Balaban J connectivity index is 1.60. The highest BCUT2D eigenvalue weighted by molar-refractivity contribution is 5.92. The van der Waals surface area contributed by atoms with Crippen LogP contribution in [0, 0.1) is 0 Å². The Morgan fingerprint density at radius 3 is 2.52 bits per heavy atom. The van der Waals surface area contributed by atoms with Gasteiger partial charge < -0.3 is 20.3 Å². The Morgan fingerprint density at radius 2 is 1.88 bits per heavy atom. The standard InChI is InChI=1S/C20H25N3O2/c1-2-25-20(24)17-8-9-19(18(21)14-17)23-12-10-22(11-13-23)15-16-6-4-3-5-7-16/h3-9,14H,2,10-13,15,21H2,1H3/p+1. The Labute approximate surface area is 149 Å². The molecule has 1 saturated heterocycles. The molecule has 25 heavy (non-hydrogen) atoms. The van der Waals surface area contributed by atoms with Crippen LogP contribution in [0.25, 0.3) is 0 Å². The predicted molar refractivity (Wildman–Crippen MR) is 99.9 cm³/mol. The van der Waals surface area contributed by atoms with Gasteiger partial charge in [-0.1, -0.05) is 30.3 Å². The van der Waals surface area contributed by atoms with E-state index in [2.05, 4.69) is 35.2 Å². The van der Waals surface area contributed by atoms with Gasteiger partial charge in [-0.3, -0.25) is 0 Å². The first-order valence-electron chi connectivity index (χ1n) is 8.86. The Bertz CT molecular complexity index is 710. The molecule has 1 aliphatic rings. The maximum atomic E-state index is 11.8. The number of nitrogens with two attached hydrogens (primary N) is 1. The van der Waals surface area contributed by atoms with Crippen LogP contribution in [0.5, 0.6) is 0 Å². The number of ether oxygens (including phenoxy) is 1. The van der Waals surface area contributed by atoms with Gasteiger partial charge in [0.2, 0.25) is 0 Å². The maximum Gasteiger partial charge on any atom is 0.338 e. The van der Waals surface area contributed by atoms with Gasteiger partial charge in [-0.05, 0) is 25.1 Å². The van der Waals surface area contributed by atoms with Crippen LogP contribution >= 0.6 is 0 Å². The third-order valence-corrected chi connectivity index (χ3v) is 4.65. The van der Waals surface area contributed by atoms with Crippen molar-refractivity contribution in [3.63, 3.8) is 0 Å². The van der Waals surface area contributed by atoms with Crippen LogP contribution in [-0.4, -0.2) is 38.8 Å². The fourth-order valence-corrected chi connectivity index (χ4v) is 3.31. The Hall–Kier alpha value is -2.53. The first-order chi connectivity index (χ1) is 12.2. The molecular weight excluding hydrogens is 314 g/mol. The van der Waals surface area contributed by atoms with Gasteiger partial charge in [0.05, 0.1) is 49.7 Å². The summed E-state index contributed by atoms with van der Waals surface area (Å²) in [7, 11) is 0. The average Bonchev–Trinajstić information content (AvgIpc) is 2.63. The Morgan fingerprint density at radius 1 is 1.16 bits per heavy atom. The number of nitrogens with one attached hydrogen (secondary N) is 1. The number of esters is 1. The van der Waals surface area contributed by atoms with Crippen LogP contribution in [0.15, 0.2) is 48.5 Å². The highest BCUT2D eigenvalue weighted by Crippen LogP contribution is 2.24. The monoisotopic (exact) mass is 340 g/mol. The van der Waals surface area contributed by atoms with Crippen LogP contribution in [0.3, 0.4) is 0 Å². The first kappa shape index (κ1) is 17.3. The van der Waals surface area contributed by atoms with Gasteiger partial charge in [0.15, 0.2) is 0 Å². The van der Waals surface area contributed by atoms with E-state index in [-0.39, 0.29) is 5.97 Å². The van der Waals surface area contributed by atoms with E-state index in [0.717, 1.165) is 38.4 Å². The quantitative estimate of drug-likeness (QED) is 0.637. The van der Waals surface area contributed by atoms with Crippen LogP contribution in [0.1, 0.15) is 22.8 Å². The molecule has 1 fully saturated rings. The highest BCUT2D eigenvalue weighted by Gasteiger charge is 2.22. The van der Waals surface area contributed by atoms with Crippen LogP contribution in [0.4, 0.5) is 11.4 Å². The molecular formula is C20H26N3O2+. The van der Waals surface area contributed by atoms with E-state index in [1.807, 2.05) is 6.07 Å². The molecule has 2 aromatic carbocycles. The second-order valence-electron chi connectivity index (χ2n) is 6.39. The molecule has 0 spiro atoms. The lowest BCUT2D eigenvalue weighted by atomic mass is 10.1. The summed E-state index contributed by atoms with van der Waals surface area (Å²) >= 11 is 0. The normalized spacial score (nSPS) is 15.2. The number of quaternary nitrogens is 1. The summed E-state index contributed by atoms with van der Waals surface area (Å²) in [6.45, 7) is 7.31. The zero-order valence-corrected chi connectivity index (χ0v) is 14.7. The lowest BCUT2D eigenvalue weighted by molar-refractivity contribution is -0.914. The topological polar surface area (TPSA) is 60.0 Å². The van der Waals surface area contributed by atoms with Crippen molar-refractivity contribution in [2.45, 2.75) is 13.5 Å². The van der Waals surface area contributed by atoms with E-state index < -0.39 is 0 Å². The number of carbonyl (C=O) groups is 1. The summed E-state index contributed by atoms with van der Waals surface area (Å²) < 4.78 is 5.03. The molecule has 0 bridgehead atoms. The second-order valence-corrected chi connectivity index (χ2v) is 6.39. The number of nitrogens with zero attached hydrogens (tertiary/aromatic N) is 1. The van der Waals surface area contributed by atoms with Gasteiger partial charge in [0.1, 0.15) is 6.54 Å². The molecule has 5 heteroatoms. The van der Waals surface area contributed by atoms with Crippen molar-refractivity contribution in [2.75, 3.05) is 43.4 Å². The van der Waals surface area contributed by atoms with Gasteiger partial charge in [-0.15, -0.1) is 0 Å². The molecule has 132 valence electrons. The van der Waals surface area contributed by atoms with Crippen molar-refractivity contribution in [1.29, 1.82) is 0 Å². The van der Waals surface area contributed by atoms with E-state index in [9.17, 15) is 4.79 Å². The van der Waals surface area contributed by atoms with E-state index in [4.69, 9.17) is 10.5 Å². The summed E-state index contributed by atoms with van der Waals surface area (Å²) in [5.74, 6) is -0.321. The zero-order chi connectivity index (χ0) is 17.6. The molecule has 0 aliphatic carbocycles. The van der Waals surface area contributed by atoms with E-state index in [1.165, 1.54) is 5.56 Å². The minimum absolute atomic E-state index is 0.321. The molecule has 0 atom stereocenters. The molecule has 0 unspecified atom stereocenters. The number of nitrogen functional groups attached to an aromatic ring is 1. The van der Waals surface area contributed by atoms with Crippen LogP contribution in [-0.2, 0) is 11.3 Å². The number of rotatable bonds is 5. The summed E-state index contributed by atoms with van der Waals surface area (Å²) in [4.78, 5) is 15.7. The summed E-state index contributed by atoms with van der Waals surface area (Å²) in [5.41, 5.74) is 9.72. The lowest BCUT2D eigenvalue weighted by Crippen LogP contribution is -3.13. The minimum Gasteiger partial charge on any atom is -0.462 e. The number of carbonyl (C=O) groups excluding carboxylic acids is 1. The molecule has 0 radical (unpaired) electrons. The lowest BCUT2D eigenvalue weighted by Gasteiger charge is -2.34. The average molecular weight is 340 g/mol. The SMILES string of the molecule is CCOC(=O)c1ccc(N2CC[NH+](Cc3ccccc3)CC2)c(N)c1. The zero-order valence-electron chi connectivity index (χ0n) is 14.7. The summed E-state index contributed by atoms with van der Waals surface area (Å²) in [5, 5.41) is 0. The van der Waals surface area contributed by atoms with E-state index >= 15 is 0 Å². The number of hydrogen-bond acceptors (Lipinski definition) is 4. The fourth-order valence-electron chi connectivity index (χ4n) is 3.31. The minimum atomic E-state index is -0.321. The van der Waals surface area contributed by atoms with E-state index in [0.29, 0.717) is 17.9 Å². The smallest absolute Gasteiger partial charge is 0.338 e. The number of anilines is 2. The van der Waals surface area contributed by atoms with Gasteiger partial charge >= 0.3 is 5.97 Å². The van der Waals surface area contributed by atoms with Crippen LogP contribution in [0.2, 0.25) is 0 Å². The largest absolute Gasteiger partial charge is 0.462 e. The van der Waals surface area contributed by atoms with Crippen molar-refractivity contribution in [3.8, 4) is 0 Å². The van der Waals surface area contributed by atoms with Gasteiger partial charge in [-0.25, -0.2) is 4.79 Å². The number of piperazine rings is 1. The van der Waals surface area contributed by atoms with Crippen LogP contribution < -0.4 is 15.5 Å².